The van der Waals surface area contributed by atoms with E-state index in [2.05, 4.69) is 49.6 Å². The molecule has 3 aliphatic heterocycles. The maximum atomic E-state index is 15.3. The molecule has 6 aromatic carbocycles. The molecule has 564 valence electrons. The number of rotatable bonds is 18. The molecule has 0 spiro atoms. The van der Waals surface area contributed by atoms with Crippen molar-refractivity contribution in [3.8, 4) is 51.0 Å². The first-order valence-electron chi connectivity index (χ1n) is 34.8. The molecular formula is C78H70Cl3F5N18O6. The van der Waals surface area contributed by atoms with Crippen LogP contribution in [0.5, 0.6) is 17.2 Å². The summed E-state index contributed by atoms with van der Waals surface area (Å²) in [7, 11) is 0. The van der Waals surface area contributed by atoms with Crippen LogP contribution in [0.2, 0.25) is 15.1 Å². The number of aromatic nitrogens is 12. The number of halogens is 8. The molecule has 0 aliphatic carbocycles. The second-order valence-corrected chi connectivity index (χ2v) is 27.2. The molecule has 3 fully saturated rings. The van der Waals surface area contributed by atoms with Gasteiger partial charge in [-0.15, -0.1) is 0 Å². The molecule has 32 heteroatoms. The highest BCUT2D eigenvalue weighted by Crippen LogP contribution is 2.43. The van der Waals surface area contributed by atoms with Gasteiger partial charge in [0.05, 0.1) is 49.4 Å². The molecule has 3 atom stereocenters. The molecule has 6 N–H and O–H groups in total. The minimum atomic E-state index is -0.572. The van der Waals surface area contributed by atoms with Gasteiger partial charge in [-0.05, 0) is 147 Å². The monoisotopic (exact) mass is 1550 g/mol. The number of piperidine rings is 3. The minimum Gasteiger partial charge on any atom is -0.489 e. The SMILES string of the molecule is C=CC(=O)N1CCC[C@@H](n2nc(-c3cc(Cl)c(OCc4cccc(F)c4)cc3Cl)c3c(N)ncnc32)C1.C=CC(=O)N1CCC[C@@H](n2nc(-c3ccc(OCc4cc(F)ccc4F)c(Cl)c3)c3c(N)ncnc32)C1.C=CC(=O)N1CCC[C@@H](n2nc(-c3ccc(OCc4cccc(F)c4)cc3F)c3c(N)ncnc32)C1. The number of fused-ring (bicyclic) bond motifs is 3. The molecule has 0 unspecified atom stereocenters. The van der Waals surface area contributed by atoms with Crippen molar-refractivity contribution in [1.29, 1.82) is 0 Å². The number of nitrogen functional groups attached to an aromatic ring is 3. The third-order valence-electron chi connectivity index (χ3n) is 18.9. The van der Waals surface area contributed by atoms with Gasteiger partial charge in [-0.3, -0.25) is 14.4 Å². The molecule has 3 amide bonds. The summed E-state index contributed by atoms with van der Waals surface area (Å²) in [4.78, 5) is 67.4. The zero-order valence-electron chi connectivity index (χ0n) is 58.8. The Morgan fingerprint density at radius 1 is 0.455 bits per heavy atom. The standard InChI is InChI=1S/C26H23Cl2FN6O2.C26H23ClF2N6O2.C26H24F2N6O2/c1-2-22(36)34-8-4-7-17(12-34)35-26-23(25(30)31-14-32-26)24(33-35)18-10-20(28)21(11-19(18)27)37-13-15-5-3-6-16(29)9-15;1-2-22(36)34-9-3-4-18(12-34)35-26-23(25(30)31-14-32-26)24(33-35)15-5-8-21(19(27)11-15)37-13-16-10-17(28)6-7-20(16)29;1-2-22(35)33-10-4-7-18(13-33)34-26-23(25(29)30-15-31-26)24(32-34)20-9-8-19(12-21(20)28)36-14-16-5-3-6-17(27)11-16/h2-3,5-6,9-11,14,17H,1,4,7-8,12-13H2,(H2,30,31,32);2,5-8,10-11,14,18H,1,3-4,9,12-13H2,(H2,30,31,32);2-3,5-6,8-9,11-12,15,18H,1,4,7,10,13-14H2,(H2,29,30,31)/t17-;2*18-/m111/s1. The van der Waals surface area contributed by atoms with Gasteiger partial charge in [-0.2, -0.15) is 15.3 Å². The molecule has 6 aromatic heterocycles. The van der Waals surface area contributed by atoms with Crippen LogP contribution in [-0.2, 0) is 34.2 Å². The third kappa shape index (κ3) is 16.6. The van der Waals surface area contributed by atoms with Crippen LogP contribution in [0.4, 0.5) is 39.4 Å². The first kappa shape index (κ1) is 76.1. The van der Waals surface area contributed by atoms with Crippen molar-refractivity contribution in [3.63, 3.8) is 0 Å². The van der Waals surface area contributed by atoms with E-state index in [1.807, 2.05) is 0 Å². The van der Waals surface area contributed by atoms with E-state index in [9.17, 15) is 31.9 Å². The Morgan fingerprint density at radius 3 is 1.39 bits per heavy atom. The lowest BCUT2D eigenvalue weighted by Crippen LogP contribution is -2.40. The first-order chi connectivity index (χ1) is 53.1. The Balaban J connectivity index is 0.000000145. The second kappa shape index (κ2) is 33.6. The number of carbonyl (C=O) groups excluding carboxylic acids is 3. The second-order valence-electron chi connectivity index (χ2n) is 26.0. The number of ether oxygens (including phenoxy) is 3. The zero-order valence-corrected chi connectivity index (χ0v) is 61.1. The van der Waals surface area contributed by atoms with Crippen molar-refractivity contribution in [1.82, 2.24) is 73.9 Å². The van der Waals surface area contributed by atoms with Gasteiger partial charge in [0, 0.05) is 73.7 Å². The Labute approximate surface area is 641 Å². The number of anilines is 3. The van der Waals surface area contributed by atoms with Crippen LogP contribution in [0.3, 0.4) is 0 Å². The highest BCUT2D eigenvalue weighted by Gasteiger charge is 2.33. The summed E-state index contributed by atoms with van der Waals surface area (Å²) >= 11 is 19.7. The highest BCUT2D eigenvalue weighted by atomic mass is 35.5. The van der Waals surface area contributed by atoms with Gasteiger partial charge >= 0.3 is 0 Å². The fraction of sp³-hybridized carbons (Fsp3) is 0.231. The van der Waals surface area contributed by atoms with Crippen molar-refractivity contribution in [3.05, 3.63) is 233 Å². The van der Waals surface area contributed by atoms with Gasteiger partial charge in [-0.1, -0.05) is 78.8 Å². The van der Waals surface area contributed by atoms with Crippen LogP contribution in [0, 0.1) is 29.1 Å². The van der Waals surface area contributed by atoms with Crippen LogP contribution < -0.4 is 31.4 Å². The molecule has 3 aliphatic rings. The van der Waals surface area contributed by atoms with Crippen molar-refractivity contribution in [2.75, 3.05) is 56.5 Å². The zero-order chi connectivity index (χ0) is 77.4. The van der Waals surface area contributed by atoms with Crippen molar-refractivity contribution >= 4 is 103 Å². The molecule has 3 saturated heterocycles. The van der Waals surface area contributed by atoms with Crippen molar-refractivity contribution in [2.45, 2.75) is 76.5 Å². The van der Waals surface area contributed by atoms with Crippen LogP contribution >= 0.6 is 34.8 Å². The Bertz CT molecular complexity index is 5530. The fourth-order valence-electron chi connectivity index (χ4n) is 13.5. The van der Waals surface area contributed by atoms with E-state index in [0.717, 1.165) is 56.7 Å². The topological polar surface area (TPSA) is 297 Å². The predicted molar refractivity (Wildman–Crippen MR) is 408 cm³/mol. The number of carbonyl (C=O) groups is 3. The van der Waals surface area contributed by atoms with Crippen molar-refractivity contribution in [2.24, 2.45) is 0 Å². The summed E-state index contributed by atoms with van der Waals surface area (Å²) in [5, 5.41) is 16.8. The molecule has 9 heterocycles. The Kier molecular flexibility index (Phi) is 23.3. The largest absolute Gasteiger partial charge is 0.489 e. The smallest absolute Gasteiger partial charge is 0.246 e. The van der Waals surface area contributed by atoms with E-state index in [1.54, 1.807) is 95.5 Å². The average Bonchev–Trinajstić information content (AvgIpc) is 1.61. The fourth-order valence-corrected chi connectivity index (χ4v) is 14.2. The maximum Gasteiger partial charge on any atom is 0.246 e. The lowest BCUT2D eigenvalue weighted by atomic mass is 10.1. The quantitative estimate of drug-likeness (QED) is 0.0531. The highest BCUT2D eigenvalue weighted by molar-refractivity contribution is 6.36. The summed E-state index contributed by atoms with van der Waals surface area (Å²) in [5.41, 5.74) is 24.3. The van der Waals surface area contributed by atoms with Crippen LogP contribution in [0.15, 0.2) is 172 Å². The van der Waals surface area contributed by atoms with E-state index in [1.165, 1.54) is 67.5 Å². The average molecular weight is 1560 g/mol. The van der Waals surface area contributed by atoms with Crippen LogP contribution in [0.1, 0.15) is 73.3 Å². The predicted octanol–water partition coefficient (Wildman–Crippen LogP) is 14.7. The molecule has 12 aromatic rings. The van der Waals surface area contributed by atoms with E-state index >= 15 is 4.39 Å². The molecule has 110 heavy (non-hydrogen) atoms. The molecule has 0 saturated carbocycles. The minimum absolute atomic E-state index is 0.0752. The Hall–Kier alpha value is -12.1. The van der Waals surface area contributed by atoms with Gasteiger partial charge in [-0.25, -0.2) is 65.9 Å². The molecule has 24 nitrogen and oxygen atoms in total. The summed E-state index contributed by atoms with van der Waals surface area (Å²) in [6, 6.07) is 27.6. The number of amides is 3. The summed E-state index contributed by atoms with van der Waals surface area (Å²) in [6.07, 6.45) is 12.8. The van der Waals surface area contributed by atoms with E-state index in [0.29, 0.717) is 139 Å². The molecule has 0 bridgehead atoms. The molecular weight excluding hydrogens is 1490 g/mol. The Morgan fingerprint density at radius 2 is 0.909 bits per heavy atom. The summed E-state index contributed by atoms with van der Waals surface area (Å²) in [5.74, 6) is -1.18. The number of hydrogen-bond acceptors (Lipinski definition) is 18. The summed E-state index contributed by atoms with van der Waals surface area (Å²) < 4.78 is 92.0. The van der Waals surface area contributed by atoms with E-state index < -0.39 is 17.5 Å². The normalized spacial score (nSPS) is 15.7. The number of likely N-dealkylation sites (tertiary alicyclic amines) is 3. The van der Waals surface area contributed by atoms with Crippen molar-refractivity contribution < 1.29 is 50.5 Å². The lowest BCUT2D eigenvalue weighted by molar-refractivity contribution is -0.128. The molecule has 15 rings (SSSR count). The first-order valence-corrected chi connectivity index (χ1v) is 35.9. The van der Waals surface area contributed by atoms with Crippen LogP contribution in [-0.4, -0.2) is 131 Å². The van der Waals surface area contributed by atoms with Gasteiger partial charge in [0.2, 0.25) is 17.7 Å². The van der Waals surface area contributed by atoms with Gasteiger partial charge < -0.3 is 46.1 Å². The number of hydrogen-bond donors (Lipinski definition) is 3. The van der Waals surface area contributed by atoms with E-state index in [-0.39, 0.29) is 101 Å². The number of nitrogens with two attached hydrogens (primary N) is 3. The molecule has 0 radical (unpaired) electrons. The van der Waals surface area contributed by atoms with Gasteiger partial charge in [0.1, 0.15) is 120 Å². The van der Waals surface area contributed by atoms with Crippen LogP contribution in [0.25, 0.3) is 66.9 Å². The third-order valence-corrected chi connectivity index (χ3v) is 19.8. The van der Waals surface area contributed by atoms with E-state index in [4.69, 9.17) is 81.5 Å². The van der Waals surface area contributed by atoms with Gasteiger partial charge in [0.25, 0.3) is 0 Å². The number of nitrogens with zero attached hydrogens (tertiary/aromatic N) is 15. The van der Waals surface area contributed by atoms with Gasteiger partial charge in [0.15, 0.2) is 16.9 Å². The number of benzene rings is 6. The maximum absolute atomic E-state index is 15.3. The lowest BCUT2D eigenvalue weighted by Gasteiger charge is -2.32. The summed E-state index contributed by atoms with van der Waals surface area (Å²) in [6.45, 7) is 14.1.